The van der Waals surface area contributed by atoms with Crippen LogP contribution in [0.4, 0.5) is 0 Å². The molecule has 0 aromatic rings. The minimum absolute atomic E-state index is 0.749. The molecule has 13 heavy (non-hydrogen) atoms. The molecular formula is C12H21N. The van der Waals surface area contributed by atoms with E-state index in [0.717, 1.165) is 12.0 Å². The van der Waals surface area contributed by atoms with Crippen LogP contribution in [0.15, 0.2) is 24.3 Å². The Bertz CT molecular complexity index is 185. The van der Waals surface area contributed by atoms with Crippen LogP contribution < -0.4 is 5.32 Å². The summed E-state index contributed by atoms with van der Waals surface area (Å²) in [6.45, 7) is 5.97. The highest BCUT2D eigenvalue weighted by Gasteiger charge is 2.20. The van der Waals surface area contributed by atoms with Crippen LogP contribution in [0.2, 0.25) is 0 Å². The minimum atomic E-state index is 0.749. The first-order valence-corrected chi connectivity index (χ1v) is 5.27. The van der Waals surface area contributed by atoms with E-state index >= 15 is 0 Å². The molecule has 1 heteroatoms. The van der Waals surface area contributed by atoms with Crippen LogP contribution in [0.3, 0.4) is 0 Å². The lowest BCUT2D eigenvalue weighted by Gasteiger charge is -2.28. The first-order valence-electron chi connectivity index (χ1n) is 5.27. The average Bonchev–Trinajstić information content (AvgIpc) is 2.21. The Labute approximate surface area is 81.9 Å². The fourth-order valence-corrected chi connectivity index (χ4v) is 2.24. The van der Waals surface area contributed by atoms with Crippen molar-refractivity contribution in [3.8, 4) is 0 Å². The molecule has 1 aliphatic rings. The molecule has 0 heterocycles. The highest BCUT2D eigenvalue weighted by Crippen LogP contribution is 2.30. The van der Waals surface area contributed by atoms with Crippen LogP contribution in [0.1, 0.15) is 32.6 Å². The molecule has 74 valence electrons. The zero-order chi connectivity index (χ0) is 9.68. The summed E-state index contributed by atoms with van der Waals surface area (Å²) in [5, 5.41) is 3.35. The van der Waals surface area contributed by atoms with Gasteiger partial charge in [0.15, 0.2) is 0 Å². The molecule has 1 saturated carbocycles. The maximum Gasteiger partial charge on any atom is 0.00644 e. The maximum absolute atomic E-state index is 3.86. The molecule has 1 rings (SSSR count). The van der Waals surface area contributed by atoms with E-state index in [1.165, 1.54) is 31.3 Å². The molecule has 1 N–H and O–H groups in total. The highest BCUT2D eigenvalue weighted by molar-refractivity contribution is 5.19. The summed E-state index contributed by atoms with van der Waals surface area (Å²) >= 11 is 0. The van der Waals surface area contributed by atoms with Crippen molar-refractivity contribution in [3.05, 3.63) is 24.3 Å². The summed E-state index contributed by atoms with van der Waals surface area (Å²) in [6.07, 6.45) is 9.48. The van der Waals surface area contributed by atoms with E-state index < -0.39 is 0 Å². The van der Waals surface area contributed by atoms with Gasteiger partial charge in [0.25, 0.3) is 0 Å². The fourth-order valence-electron chi connectivity index (χ4n) is 2.24. The molecule has 1 fully saturated rings. The van der Waals surface area contributed by atoms with Crippen molar-refractivity contribution in [3.63, 3.8) is 0 Å². The molecule has 0 aliphatic heterocycles. The summed E-state index contributed by atoms with van der Waals surface area (Å²) in [5.74, 6) is 0.770. The number of allylic oxidation sites excluding steroid dienone is 3. The number of hydrogen-bond donors (Lipinski definition) is 1. The van der Waals surface area contributed by atoms with Gasteiger partial charge in [0.1, 0.15) is 0 Å². The van der Waals surface area contributed by atoms with Gasteiger partial charge in [-0.05, 0) is 51.1 Å². The Balaban J connectivity index is 2.44. The fraction of sp³-hybridized carbons (Fsp3) is 0.667. The Morgan fingerprint density at radius 2 is 1.92 bits per heavy atom. The van der Waals surface area contributed by atoms with Crippen molar-refractivity contribution < 1.29 is 0 Å². The first-order chi connectivity index (χ1) is 6.31. The monoisotopic (exact) mass is 179 g/mol. The zero-order valence-corrected chi connectivity index (χ0v) is 8.84. The van der Waals surface area contributed by atoms with E-state index in [-0.39, 0.29) is 0 Å². The van der Waals surface area contributed by atoms with Crippen molar-refractivity contribution in [2.45, 2.75) is 38.6 Å². The normalized spacial score (nSPS) is 30.2. The van der Waals surface area contributed by atoms with Gasteiger partial charge in [-0.3, -0.25) is 0 Å². The van der Waals surface area contributed by atoms with Gasteiger partial charge in [0, 0.05) is 6.04 Å². The summed E-state index contributed by atoms with van der Waals surface area (Å²) in [4.78, 5) is 0. The van der Waals surface area contributed by atoms with Gasteiger partial charge in [0.05, 0.1) is 0 Å². The predicted molar refractivity (Wildman–Crippen MR) is 58.8 cm³/mol. The lowest BCUT2D eigenvalue weighted by Crippen LogP contribution is -2.30. The highest BCUT2D eigenvalue weighted by atomic mass is 14.9. The second-order valence-corrected chi connectivity index (χ2v) is 3.83. The van der Waals surface area contributed by atoms with Gasteiger partial charge in [-0.1, -0.05) is 18.7 Å². The van der Waals surface area contributed by atoms with Gasteiger partial charge in [-0.15, -0.1) is 0 Å². The Kier molecular flexibility index (Phi) is 4.23. The first kappa shape index (κ1) is 10.5. The molecule has 0 radical (unpaired) electrons. The smallest absolute Gasteiger partial charge is 0.00644 e. The molecule has 0 saturated heterocycles. The van der Waals surface area contributed by atoms with Gasteiger partial charge >= 0.3 is 0 Å². The van der Waals surface area contributed by atoms with Gasteiger partial charge < -0.3 is 5.32 Å². The summed E-state index contributed by atoms with van der Waals surface area (Å²) in [5.41, 5.74) is 1.44. The molecule has 0 amide bonds. The zero-order valence-electron chi connectivity index (χ0n) is 8.84. The summed E-state index contributed by atoms with van der Waals surface area (Å²) < 4.78 is 0. The van der Waals surface area contributed by atoms with Crippen molar-refractivity contribution >= 4 is 0 Å². The van der Waals surface area contributed by atoms with E-state index in [1.54, 1.807) is 0 Å². The Hall–Kier alpha value is -0.560. The quantitative estimate of drug-likeness (QED) is 0.657. The van der Waals surface area contributed by atoms with Crippen molar-refractivity contribution in [2.24, 2.45) is 5.92 Å². The molecule has 1 aliphatic carbocycles. The van der Waals surface area contributed by atoms with Gasteiger partial charge in [-0.25, -0.2) is 0 Å². The second kappa shape index (κ2) is 5.23. The van der Waals surface area contributed by atoms with Gasteiger partial charge in [0.2, 0.25) is 0 Å². The summed E-state index contributed by atoms with van der Waals surface area (Å²) in [6, 6.07) is 0.749. The van der Waals surface area contributed by atoms with Crippen LogP contribution in [0.25, 0.3) is 0 Å². The number of rotatable bonds is 3. The van der Waals surface area contributed by atoms with Crippen LogP contribution in [0.5, 0.6) is 0 Å². The maximum atomic E-state index is 3.86. The van der Waals surface area contributed by atoms with Crippen molar-refractivity contribution in [1.29, 1.82) is 0 Å². The summed E-state index contributed by atoms with van der Waals surface area (Å²) in [7, 11) is 2.06. The van der Waals surface area contributed by atoms with E-state index in [4.69, 9.17) is 0 Å². The molecule has 0 aromatic carbocycles. The van der Waals surface area contributed by atoms with Crippen molar-refractivity contribution in [2.75, 3.05) is 7.05 Å². The molecule has 0 aromatic heterocycles. The molecule has 0 spiro atoms. The van der Waals surface area contributed by atoms with Crippen LogP contribution >= 0.6 is 0 Å². The molecule has 0 bridgehead atoms. The van der Waals surface area contributed by atoms with E-state index in [9.17, 15) is 0 Å². The standard InChI is InChI=1S/C12H21N/c1-4-10(5-2)11-6-8-12(13-3)9-7-11/h4-5,11-13H,1,6-9H2,2-3H3/b10-5+. The largest absolute Gasteiger partial charge is 0.317 e. The van der Waals surface area contributed by atoms with Crippen LogP contribution in [-0.2, 0) is 0 Å². The number of hydrogen-bond acceptors (Lipinski definition) is 1. The molecule has 0 atom stereocenters. The Morgan fingerprint density at radius 3 is 2.31 bits per heavy atom. The number of nitrogens with one attached hydrogen (secondary N) is 1. The van der Waals surface area contributed by atoms with Gasteiger partial charge in [-0.2, -0.15) is 0 Å². The predicted octanol–water partition coefficient (Wildman–Crippen LogP) is 2.90. The minimum Gasteiger partial charge on any atom is -0.317 e. The Morgan fingerprint density at radius 1 is 1.31 bits per heavy atom. The molecule has 0 unspecified atom stereocenters. The lowest BCUT2D eigenvalue weighted by molar-refractivity contribution is 0.335. The third-order valence-corrected chi connectivity index (χ3v) is 3.18. The lowest BCUT2D eigenvalue weighted by atomic mass is 9.81. The topological polar surface area (TPSA) is 12.0 Å². The third-order valence-electron chi connectivity index (χ3n) is 3.18. The van der Waals surface area contributed by atoms with E-state index in [2.05, 4.69) is 31.9 Å². The van der Waals surface area contributed by atoms with Crippen LogP contribution in [0, 0.1) is 5.92 Å². The van der Waals surface area contributed by atoms with E-state index in [1.807, 2.05) is 6.08 Å². The molecular weight excluding hydrogens is 158 g/mol. The average molecular weight is 179 g/mol. The van der Waals surface area contributed by atoms with Crippen LogP contribution in [-0.4, -0.2) is 13.1 Å². The van der Waals surface area contributed by atoms with E-state index in [0.29, 0.717) is 0 Å². The second-order valence-electron chi connectivity index (χ2n) is 3.83. The molecule has 1 nitrogen and oxygen atoms in total. The SMILES string of the molecule is C=C/C(=C\C)C1CCC(NC)CC1. The third kappa shape index (κ3) is 2.70. The van der Waals surface area contributed by atoms with Crippen molar-refractivity contribution in [1.82, 2.24) is 5.32 Å².